The fraction of sp³-hybridized carbons (Fsp3) is 0.286. The highest BCUT2D eigenvalue weighted by atomic mass is 32.2. The molecule has 0 bridgehead atoms. The largest absolute Gasteiger partial charge is 0.497 e. The number of nitrogens with zero attached hydrogens (tertiary/aromatic N) is 3. The molecular formula is C28H29N3O6S2. The van der Waals surface area contributed by atoms with E-state index in [4.69, 9.17) is 19.2 Å². The molecule has 39 heavy (non-hydrogen) atoms. The fourth-order valence-corrected chi connectivity index (χ4v) is 7.46. The van der Waals surface area contributed by atoms with Crippen molar-refractivity contribution in [1.29, 1.82) is 0 Å². The number of hydrogen-bond donors (Lipinski definition) is 0. The third kappa shape index (κ3) is 5.17. The predicted molar refractivity (Wildman–Crippen MR) is 150 cm³/mol. The topological polar surface area (TPSA) is 98.3 Å². The highest BCUT2D eigenvalue weighted by Gasteiger charge is 2.42. The molecule has 204 valence electrons. The third-order valence-electron chi connectivity index (χ3n) is 6.73. The Hall–Kier alpha value is -3.67. The van der Waals surface area contributed by atoms with Gasteiger partial charge in [0.2, 0.25) is 15.9 Å². The average molecular weight is 568 g/mol. The van der Waals surface area contributed by atoms with Gasteiger partial charge in [0.05, 0.1) is 32.8 Å². The second-order valence-corrected chi connectivity index (χ2v) is 11.9. The van der Waals surface area contributed by atoms with Crippen LogP contribution in [-0.4, -0.2) is 57.5 Å². The number of aromatic nitrogens is 1. The minimum absolute atomic E-state index is 0.118. The first kappa shape index (κ1) is 26.9. The van der Waals surface area contributed by atoms with E-state index in [1.54, 1.807) is 43.4 Å². The van der Waals surface area contributed by atoms with Gasteiger partial charge in [0.25, 0.3) is 0 Å². The number of sulfonamides is 1. The van der Waals surface area contributed by atoms with Gasteiger partial charge in [-0.25, -0.2) is 13.4 Å². The lowest BCUT2D eigenvalue weighted by atomic mass is 10.1. The molecule has 11 heteroatoms. The van der Waals surface area contributed by atoms with Crippen LogP contribution in [0.15, 0.2) is 71.6 Å². The van der Waals surface area contributed by atoms with Crippen molar-refractivity contribution in [3.05, 3.63) is 72.3 Å². The zero-order valence-electron chi connectivity index (χ0n) is 21.9. The Morgan fingerprint density at radius 1 is 0.974 bits per heavy atom. The summed E-state index contributed by atoms with van der Waals surface area (Å²) in [7, 11) is 0.742. The maximum Gasteiger partial charge on any atom is 0.247 e. The molecular weight excluding hydrogens is 538 g/mol. The highest BCUT2D eigenvalue weighted by molar-refractivity contribution is 7.89. The Morgan fingerprint density at radius 2 is 1.67 bits per heavy atom. The second kappa shape index (κ2) is 11.2. The van der Waals surface area contributed by atoms with Crippen LogP contribution in [0.1, 0.15) is 18.4 Å². The molecule has 1 aromatic heterocycles. The van der Waals surface area contributed by atoms with Crippen LogP contribution < -0.4 is 19.1 Å². The van der Waals surface area contributed by atoms with Crippen molar-refractivity contribution in [2.45, 2.75) is 30.3 Å². The number of thiazole rings is 1. The number of anilines is 1. The number of benzene rings is 3. The van der Waals surface area contributed by atoms with Gasteiger partial charge >= 0.3 is 0 Å². The molecule has 2 heterocycles. The number of fused-ring (bicyclic) bond motifs is 1. The lowest BCUT2D eigenvalue weighted by Gasteiger charge is -2.28. The van der Waals surface area contributed by atoms with E-state index in [0.717, 1.165) is 10.3 Å². The summed E-state index contributed by atoms with van der Waals surface area (Å²) in [6.07, 6.45) is 0.990. The van der Waals surface area contributed by atoms with Crippen LogP contribution in [0.25, 0.3) is 10.2 Å². The average Bonchev–Trinajstić information content (AvgIpc) is 3.64. The van der Waals surface area contributed by atoms with E-state index >= 15 is 0 Å². The maximum absolute atomic E-state index is 14.2. The van der Waals surface area contributed by atoms with Crippen molar-refractivity contribution in [3.63, 3.8) is 0 Å². The van der Waals surface area contributed by atoms with E-state index in [0.29, 0.717) is 40.7 Å². The number of methoxy groups -OCH3 is 3. The van der Waals surface area contributed by atoms with Crippen LogP contribution in [0.5, 0.6) is 17.2 Å². The van der Waals surface area contributed by atoms with E-state index < -0.39 is 16.1 Å². The molecule has 1 unspecified atom stereocenters. The van der Waals surface area contributed by atoms with Gasteiger partial charge in [0.15, 0.2) is 5.13 Å². The second-order valence-electron chi connectivity index (χ2n) is 9.00. The minimum Gasteiger partial charge on any atom is -0.497 e. The van der Waals surface area contributed by atoms with Gasteiger partial charge < -0.3 is 14.2 Å². The Balaban J connectivity index is 1.55. The smallest absolute Gasteiger partial charge is 0.247 e. The van der Waals surface area contributed by atoms with Gasteiger partial charge in [-0.1, -0.05) is 41.7 Å². The molecule has 1 atom stereocenters. The Morgan fingerprint density at radius 3 is 2.33 bits per heavy atom. The summed E-state index contributed by atoms with van der Waals surface area (Å²) >= 11 is 1.31. The molecule has 1 fully saturated rings. The van der Waals surface area contributed by atoms with Gasteiger partial charge in [0.1, 0.15) is 33.5 Å². The van der Waals surface area contributed by atoms with Crippen LogP contribution in [0.3, 0.4) is 0 Å². The molecule has 1 amide bonds. The van der Waals surface area contributed by atoms with E-state index in [1.807, 2.05) is 30.3 Å². The number of ether oxygens (including phenoxy) is 3. The Bertz CT molecular complexity index is 1530. The number of carbonyl (C=O) groups excluding carboxylic acids is 1. The molecule has 0 radical (unpaired) electrons. The molecule has 1 saturated heterocycles. The molecule has 0 saturated carbocycles. The van der Waals surface area contributed by atoms with Gasteiger partial charge in [-0.15, -0.1) is 0 Å². The SMILES string of the molecule is COc1ccc(S(=O)(=O)N2CCCC2C(=O)N(Cc2ccccc2)c2nc3c(OC)ccc(OC)c3s2)cc1. The van der Waals surface area contributed by atoms with E-state index in [1.165, 1.54) is 34.9 Å². The minimum atomic E-state index is -3.92. The van der Waals surface area contributed by atoms with Crippen molar-refractivity contribution in [1.82, 2.24) is 9.29 Å². The van der Waals surface area contributed by atoms with Crippen LogP contribution in [0.2, 0.25) is 0 Å². The first-order valence-electron chi connectivity index (χ1n) is 12.4. The van der Waals surface area contributed by atoms with Crippen molar-refractivity contribution < 1.29 is 27.4 Å². The van der Waals surface area contributed by atoms with Crippen LogP contribution in [0.4, 0.5) is 5.13 Å². The monoisotopic (exact) mass is 567 g/mol. The van der Waals surface area contributed by atoms with E-state index in [9.17, 15) is 13.2 Å². The quantitative estimate of drug-likeness (QED) is 0.289. The Kier molecular flexibility index (Phi) is 7.74. The van der Waals surface area contributed by atoms with Crippen LogP contribution in [0, 0.1) is 0 Å². The standard InChI is InChI=1S/C28H29N3O6S2/c1-35-20-11-13-21(14-12-20)39(33,34)31-17-7-10-22(31)27(32)30(18-19-8-5-4-6-9-19)28-29-25-23(36-2)15-16-24(37-3)26(25)38-28/h4-6,8-9,11-16,22H,7,10,17-18H2,1-3H3. The molecule has 9 nitrogen and oxygen atoms in total. The molecule has 3 aromatic carbocycles. The molecule has 1 aliphatic heterocycles. The number of rotatable bonds is 9. The third-order valence-corrected chi connectivity index (χ3v) is 9.75. The van der Waals surface area contributed by atoms with Gasteiger partial charge in [-0.2, -0.15) is 4.31 Å². The number of carbonyl (C=O) groups is 1. The number of hydrogen-bond acceptors (Lipinski definition) is 8. The lowest BCUT2D eigenvalue weighted by molar-refractivity contribution is -0.121. The Labute approximate surface area is 231 Å². The van der Waals surface area contributed by atoms with Crippen LogP contribution in [-0.2, 0) is 21.4 Å². The molecule has 4 aromatic rings. The van der Waals surface area contributed by atoms with Crippen molar-refractivity contribution in [2.75, 3.05) is 32.8 Å². The van der Waals surface area contributed by atoms with Crippen molar-refractivity contribution >= 4 is 42.6 Å². The lowest BCUT2D eigenvalue weighted by Crippen LogP contribution is -2.47. The summed E-state index contributed by atoms with van der Waals surface area (Å²) in [4.78, 5) is 20.7. The van der Waals surface area contributed by atoms with Crippen molar-refractivity contribution in [2.24, 2.45) is 0 Å². The van der Waals surface area contributed by atoms with Crippen molar-refractivity contribution in [3.8, 4) is 17.2 Å². The van der Waals surface area contributed by atoms with Crippen LogP contribution >= 0.6 is 11.3 Å². The molecule has 5 rings (SSSR count). The molecule has 0 N–H and O–H groups in total. The normalized spacial score (nSPS) is 15.8. The molecule has 1 aliphatic rings. The summed E-state index contributed by atoms with van der Waals surface area (Å²) in [5.41, 5.74) is 1.48. The fourth-order valence-electron chi connectivity index (χ4n) is 4.73. The summed E-state index contributed by atoms with van der Waals surface area (Å²) in [6, 6.07) is 18.5. The summed E-state index contributed by atoms with van der Waals surface area (Å²) in [5, 5.41) is 0.440. The van der Waals surface area contributed by atoms with E-state index in [2.05, 4.69) is 0 Å². The van der Waals surface area contributed by atoms with E-state index in [-0.39, 0.29) is 23.9 Å². The summed E-state index contributed by atoms with van der Waals surface area (Å²) in [6.45, 7) is 0.489. The van der Waals surface area contributed by atoms with Gasteiger partial charge in [-0.3, -0.25) is 9.69 Å². The highest BCUT2D eigenvalue weighted by Crippen LogP contribution is 2.41. The molecule has 0 spiro atoms. The first-order valence-corrected chi connectivity index (χ1v) is 14.7. The summed E-state index contributed by atoms with van der Waals surface area (Å²) < 4.78 is 45.6. The predicted octanol–water partition coefficient (Wildman–Crippen LogP) is 4.71. The molecule has 0 aliphatic carbocycles. The first-order chi connectivity index (χ1) is 18.9. The zero-order chi connectivity index (χ0) is 27.6. The number of amides is 1. The van der Waals surface area contributed by atoms with Gasteiger partial charge in [-0.05, 0) is 54.8 Å². The zero-order valence-corrected chi connectivity index (χ0v) is 23.5. The maximum atomic E-state index is 14.2. The van der Waals surface area contributed by atoms with Gasteiger partial charge in [0, 0.05) is 6.54 Å². The summed E-state index contributed by atoms with van der Waals surface area (Å²) in [5.74, 6) is 1.40.